The summed E-state index contributed by atoms with van der Waals surface area (Å²) < 4.78 is 5.55. The molecule has 0 atom stereocenters. The Morgan fingerprint density at radius 1 is 1.48 bits per heavy atom. The van der Waals surface area contributed by atoms with Crippen LogP contribution in [0.2, 0.25) is 0 Å². The highest BCUT2D eigenvalue weighted by Gasteiger charge is 2.18. The van der Waals surface area contributed by atoms with Gasteiger partial charge in [0.05, 0.1) is 23.0 Å². The van der Waals surface area contributed by atoms with Crippen LogP contribution >= 0.6 is 0 Å². The molecule has 0 amide bonds. The minimum Gasteiger partial charge on any atom is -0.487 e. The zero-order chi connectivity index (χ0) is 15.9. The molecule has 21 heavy (non-hydrogen) atoms. The lowest BCUT2D eigenvalue weighted by Gasteiger charge is -2.15. The second-order valence-corrected chi connectivity index (χ2v) is 5.54. The Labute approximate surface area is 124 Å². The van der Waals surface area contributed by atoms with Crippen LogP contribution in [0.1, 0.15) is 32.3 Å². The lowest BCUT2D eigenvalue weighted by Crippen LogP contribution is -2.11. The standard InChI is InChI=1S/C15H21N3O3/c1-15(2,11-16)7-4-8-21-14-9-12(10-17-3)5-6-13(14)18(19)20/h5-6,9,17H,4,7-8,10H2,1-3H3. The van der Waals surface area contributed by atoms with Gasteiger partial charge in [0.2, 0.25) is 0 Å². The molecule has 0 aromatic heterocycles. The molecule has 0 heterocycles. The first-order chi connectivity index (χ1) is 9.89. The van der Waals surface area contributed by atoms with E-state index in [4.69, 9.17) is 10.00 Å². The van der Waals surface area contributed by atoms with Crippen molar-refractivity contribution in [2.24, 2.45) is 5.41 Å². The van der Waals surface area contributed by atoms with E-state index in [9.17, 15) is 10.1 Å². The molecule has 0 saturated heterocycles. The van der Waals surface area contributed by atoms with E-state index in [0.29, 0.717) is 26.0 Å². The zero-order valence-corrected chi connectivity index (χ0v) is 12.7. The Morgan fingerprint density at radius 3 is 2.76 bits per heavy atom. The molecule has 0 fully saturated rings. The summed E-state index contributed by atoms with van der Waals surface area (Å²) in [5, 5.41) is 22.9. The van der Waals surface area contributed by atoms with E-state index < -0.39 is 10.3 Å². The highest BCUT2D eigenvalue weighted by molar-refractivity contribution is 5.48. The van der Waals surface area contributed by atoms with Crippen LogP contribution in [0.5, 0.6) is 5.75 Å². The number of nitrogens with zero attached hydrogens (tertiary/aromatic N) is 2. The maximum absolute atomic E-state index is 11.0. The van der Waals surface area contributed by atoms with Gasteiger partial charge >= 0.3 is 5.69 Å². The molecule has 114 valence electrons. The van der Waals surface area contributed by atoms with Gasteiger partial charge in [-0.2, -0.15) is 5.26 Å². The molecular weight excluding hydrogens is 270 g/mol. The molecule has 0 aliphatic heterocycles. The van der Waals surface area contributed by atoms with Gasteiger partial charge in [0.1, 0.15) is 0 Å². The van der Waals surface area contributed by atoms with Gasteiger partial charge in [-0.25, -0.2) is 0 Å². The number of nitro groups is 1. The van der Waals surface area contributed by atoms with Gasteiger partial charge in [-0.05, 0) is 45.4 Å². The van der Waals surface area contributed by atoms with Crippen LogP contribution in [0.15, 0.2) is 18.2 Å². The van der Waals surface area contributed by atoms with Gasteiger partial charge in [0.25, 0.3) is 0 Å². The Balaban J connectivity index is 2.70. The zero-order valence-electron chi connectivity index (χ0n) is 12.7. The Kier molecular flexibility index (Phi) is 6.12. The molecule has 0 bridgehead atoms. The second-order valence-electron chi connectivity index (χ2n) is 5.54. The number of nitro benzene ring substituents is 1. The van der Waals surface area contributed by atoms with Crippen LogP contribution in [0.4, 0.5) is 5.69 Å². The van der Waals surface area contributed by atoms with Crippen LogP contribution in [-0.4, -0.2) is 18.6 Å². The monoisotopic (exact) mass is 291 g/mol. The van der Waals surface area contributed by atoms with Gasteiger partial charge in [0.15, 0.2) is 5.75 Å². The lowest BCUT2D eigenvalue weighted by molar-refractivity contribution is -0.385. The molecule has 6 heteroatoms. The van der Waals surface area contributed by atoms with E-state index in [1.807, 2.05) is 20.9 Å². The molecule has 6 nitrogen and oxygen atoms in total. The van der Waals surface area contributed by atoms with Gasteiger partial charge < -0.3 is 10.1 Å². The van der Waals surface area contributed by atoms with E-state index >= 15 is 0 Å². The fourth-order valence-electron chi connectivity index (χ4n) is 1.89. The van der Waals surface area contributed by atoms with Crippen molar-refractivity contribution in [3.63, 3.8) is 0 Å². The van der Waals surface area contributed by atoms with Crippen LogP contribution in [-0.2, 0) is 6.54 Å². The number of hydrogen-bond acceptors (Lipinski definition) is 5. The summed E-state index contributed by atoms with van der Waals surface area (Å²) in [7, 11) is 1.81. The SMILES string of the molecule is CNCc1ccc([N+](=O)[O-])c(OCCCC(C)(C)C#N)c1. The van der Waals surface area contributed by atoms with Crippen molar-refractivity contribution in [1.29, 1.82) is 5.26 Å². The Hall–Kier alpha value is -2.13. The summed E-state index contributed by atoms with van der Waals surface area (Å²) in [5.41, 5.74) is 0.494. The van der Waals surface area contributed by atoms with E-state index in [1.54, 1.807) is 12.1 Å². The largest absolute Gasteiger partial charge is 0.487 e. The number of hydrogen-bond donors (Lipinski definition) is 1. The highest BCUT2D eigenvalue weighted by Crippen LogP contribution is 2.29. The first kappa shape index (κ1) is 16.9. The molecule has 1 N–H and O–H groups in total. The molecule has 1 aromatic rings. The molecule has 0 radical (unpaired) electrons. The molecular formula is C15H21N3O3. The third kappa shape index (κ3) is 5.40. The highest BCUT2D eigenvalue weighted by atomic mass is 16.6. The van der Waals surface area contributed by atoms with E-state index in [-0.39, 0.29) is 11.4 Å². The molecule has 0 unspecified atom stereocenters. The van der Waals surface area contributed by atoms with E-state index in [0.717, 1.165) is 5.56 Å². The summed E-state index contributed by atoms with van der Waals surface area (Å²) in [4.78, 5) is 10.5. The minimum atomic E-state index is -0.447. The Morgan fingerprint density at radius 2 is 2.19 bits per heavy atom. The van der Waals surface area contributed by atoms with Crippen molar-refractivity contribution in [2.45, 2.75) is 33.2 Å². The summed E-state index contributed by atoms with van der Waals surface area (Å²) >= 11 is 0. The fraction of sp³-hybridized carbons (Fsp3) is 0.533. The van der Waals surface area contributed by atoms with Crippen LogP contribution in [0, 0.1) is 26.9 Å². The number of nitriles is 1. The van der Waals surface area contributed by atoms with Crippen LogP contribution in [0.25, 0.3) is 0 Å². The summed E-state index contributed by atoms with van der Waals surface area (Å²) in [5.74, 6) is 0.280. The number of benzene rings is 1. The number of rotatable bonds is 8. The maximum Gasteiger partial charge on any atom is 0.310 e. The van der Waals surface area contributed by atoms with E-state index in [1.165, 1.54) is 6.07 Å². The van der Waals surface area contributed by atoms with Gasteiger partial charge in [-0.1, -0.05) is 6.07 Å². The average molecular weight is 291 g/mol. The van der Waals surface area contributed by atoms with Crippen molar-refractivity contribution in [3.8, 4) is 11.8 Å². The van der Waals surface area contributed by atoms with Crippen molar-refractivity contribution >= 4 is 5.69 Å². The van der Waals surface area contributed by atoms with Gasteiger partial charge in [0, 0.05) is 12.6 Å². The van der Waals surface area contributed by atoms with E-state index in [2.05, 4.69) is 11.4 Å². The summed E-state index contributed by atoms with van der Waals surface area (Å²) in [6.07, 6.45) is 1.36. The lowest BCUT2D eigenvalue weighted by atomic mass is 9.90. The predicted octanol–water partition coefficient (Wildman–Crippen LogP) is 3.02. The summed E-state index contributed by atoms with van der Waals surface area (Å²) in [6.45, 7) is 4.71. The fourth-order valence-corrected chi connectivity index (χ4v) is 1.89. The first-order valence-corrected chi connectivity index (χ1v) is 6.85. The molecule has 1 rings (SSSR count). The number of ether oxygens (including phenoxy) is 1. The van der Waals surface area contributed by atoms with Crippen molar-refractivity contribution < 1.29 is 9.66 Å². The van der Waals surface area contributed by atoms with Crippen molar-refractivity contribution in [1.82, 2.24) is 5.32 Å². The third-order valence-corrected chi connectivity index (χ3v) is 3.11. The average Bonchev–Trinajstić information content (AvgIpc) is 2.44. The quantitative estimate of drug-likeness (QED) is 0.452. The first-order valence-electron chi connectivity index (χ1n) is 6.85. The normalized spacial score (nSPS) is 11.0. The van der Waals surface area contributed by atoms with Crippen molar-refractivity contribution in [2.75, 3.05) is 13.7 Å². The van der Waals surface area contributed by atoms with Crippen molar-refractivity contribution in [3.05, 3.63) is 33.9 Å². The maximum atomic E-state index is 11.0. The third-order valence-electron chi connectivity index (χ3n) is 3.11. The Bertz CT molecular complexity index is 535. The van der Waals surface area contributed by atoms with Crippen LogP contribution < -0.4 is 10.1 Å². The molecule has 0 aliphatic carbocycles. The molecule has 0 saturated carbocycles. The predicted molar refractivity (Wildman–Crippen MR) is 80.0 cm³/mol. The van der Waals surface area contributed by atoms with Gasteiger partial charge in [-0.15, -0.1) is 0 Å². The number of nitrogens with one attached hydrogen (secondary N) is 1. The molecule has 0 aliphatic rings. The summed E-state index contributed by atoms with van der Waals surface area (Å²) in [6, 6.07) is 7.08. The molecule has 0 spiro atoms. The minimum absolute atomic E-state index is 0.0330. The van der Waals surface area contributed by atoms with Gasteiger partial charge in [-0.3, -0.25) is 10.1 Å². The smallest absolute Gasteiger partial charge is 0.310 e. The molecule has 1 aromatic carbocycles. The second kappa shape index (κ2) is 7.60. The van der Waals surface area contributed by atoms with Crippen LogP contribution in [0.3, 0.4) is 0 Å². The topological polar surface area (TPSA) is 88.2 Å².